The van der Waals surface area contributed by atoms with Crippen molar-refractivity contribution >= 4 is 17.9 Å². The lowest BCUT2D eigenvalue weighted by atomic mass is 10.0. The molecule has 0 saturated heterocycles. The summed E-state index contributed by atoms with van der Waals surface area (Å²) in [5.74, 6) is -0.891. The Balaban J connectivity index is 4.04. The maximum Gasteiger partial charge on any atom is 0.306 e. The lowest BCUT2D eigenvalue weighted by Crippen LogP contribution is -2.30. The Labute approximate surface area is 464 Å². The minimum absolute atomic E-state index is 0.0785. The Morgan fingerprint density at radius 2 is 0.520 bits per heavy atom. The van der Waals surface area contributed by atoms with Crippen molar-refractivity contribution in [1.82, 2.24) is 0 Å². The van der Waals surface area contributed by atoms with Crippen LogP contribution in [0.1, 0.15) is 303 Å². The van der Waals surface area contributed by atoms with Gasteiger partial charge in [-0.2, -0.15) is 0 Å². The maximum atomic E-state index is 12.8. The van der Waals surface area contributed by atoms with Crippen LogP contribution in [-0.2, 0) is 28.6 Å². The number of carbonyl (C=O) groups is 3. The molecule has 0 N–H and O–H groups in total. The largest absolute Gasteiger partial charge is 0.462 e. The molecule has 0 aliphatic heterocycles. The molecule has 0 aromatic carbocycles. The molecule has 1 unspecified atom stereocenters. The summed E-state index contributed by atoms with van der Waals surface area (Å²) in [5.41, 5.74) is 0. The Bertz CT molecular complexity index is 1480. The third-order valence-corrected chi connectivity index (χ3v) is 13.6. The van der Waals surface area contributed by atoms with Crippen LogP contribution < -0.4 is 0 Å². The van der Waals surface area contributed by atoms with Crippen LogP contribution in [0.2, 0.25) is 0 Å². The molecule has 0 saturated carbocycles. The van der Waals surface area contributed by atoms with E-state index in [0.717, 1.165) is 109 Å². The molecule has 6 heteroatoms. The van der Waals surface area contributed by atoms with Crippen LogP contribution in [0.25, 0.3) is 0 Å². The van der Waals surface area contributed by atoms with Gasteiger partial charge in [-0.3, -0.25) is 14.4 Å². The second-order valence-corrected chi connectivity index (χ2v) is 20.9. The maximum absolute atomic E-state index is 12.8. The van der Waals surface area contributed by atoms with Crippen LogP contribution in [0.15, 0.2) is 97.2 Å². The topological polar surface area (TPSA) is 78.9 Å². The first-order valence-electron chi connectivity index (χ1n) is 31.7. The van der Waals surface area contributed by atoms with Gasteiger partial charge < -0.3 is 14.2 Å². The van der Waals surface area contributed by atoms with Gasteiger partial charge in [0.25, 0.3) is 0 Å². The van der Waals surface area contributed by atoms with E-state index in [4.69, 9.17) is 14.2 Å². The zero-order chi connectivity index (χ0) is 54.3. The lowest BCUT2D eigenvalue weighted by molar-refractivity contribution is -0.167. The minimum atomic E-state index is -0.777. The van der Waals surface area contributed by atoms with Crippen molar-refractivity contribution in [2.75, 3.05) is 13.2 Å². The van der Waals surface area contributed by atoms with E-state index in [2.05, 4.69) is 118 Å². The second kappa shape index (κ2) is 62.9. The van der Waals surface area contributed by atoms with E-state index >= 15 is 0 Å². The summed E-state index contributed by atoms with van der Waals surface area (Å²) in [6.45, 7) is 6.45. The molecule has 0 bridgehead atoms. The van der Waals surface area contributed by atoms with Crippen LogP contribution in [-0.4, -0.2) is 37.2 Å². The normalized spacial score (nSPS) is 12.7. The molecule has 0 rings (SSSR count). The van der Waals surface area contributed by atoms with E-state index in [9.17, 15) is 14.4 Å². The molecule has 0 heterocycles. The van der Waals surface area contributed by atoms with Crippen LogP contribution in [0.5, 0.6) is 0 Å². The number of hydrogen-bond acceptors (Lipinski definition) is 6. The standard InChI is InChI=1S/C69H118O6/c1-4-7-10-13-15-17-19-21-23-25-27-29-30-31-32-33-34-35-36-37-38-40-41-43-45-47-49-51-53-56-59-62-68(71)74-65-66(64-73-67(70)61-58-55-12-9-6-3)75-69(72)63-60-57-54-52-50-48-46-44-42-39-28-26-24-22-20-18-16-14-11-8-5-2/h7,10,15,17,20-23,26-29,31-32,34-35,66H,4-6,8-9,11-14,16,18-19,24-25,30,33,36-65H2,1-3H3/b10-7-,17-15-,22-20-,23-21-,28-26-,29-27-,32-31-,35-34-. The fraction of sp³-hybridized carbons (Fsp3) is 0.725. The molecule has 75 heavy (non-hydrogen) atoms. The van der Waals surface area contributed by atoms with Gasteiger partial charge >= 0.3 is 17.9 Å². The number of allylic oxidation sites excluding steroid dienone is 16. The summed E-state index contributed by atoms with van der Waals surface area (Å²) in [6, 6.07) is 0. The first-order chi connectivity index (χ1) is 37.0. The molecule has 0 fully saturated rings. The van der Waals surface area contributed by atoms with Crippen molar-refractivity contribution < 1.29 is 28.6 Å². The Morgan fingerprint density at radius 3 is 0.813 bits per heavy atom. The van der Waals surface area contributed by atoms with Gasteiger partial charge in [-0.05, 0) is 103 Å². The smallest absolute Gasteiger partial charge is 0.306 e. The number of ether oxygens (including phenoxy) is 3. The number of esters is 3. The molecule has 0 spiro atoms. The highest BCUT2D eigenvalue weighted by atomic mass is 16.6. The molecule has 0 radical (unpaired) electrons. The van der Waals surface area contributed by atoms with E-state index in [1.807, 2.05) is 0 Å². The Hall–Kier alpha value is -3.67. The van der Waals surface area contributed by atoms with Crippen LogP contribution in [0.4, 0.5) is 0 Å². The second-order valence-electron chi connectivity index (χ2n) is 20.9. The molecule has 6 nitrogen and oxygen atoms in total. The van der Waals surface area contributed by atoms with Crippen molar-refractivity contribution in [3.63, 3.8) is 0 Å². The number of carbonyl (C=O) groups excluding carboxylic acids is 3. The lowest BCUT2D eigenvalue weighted by Gasteiger charge is -2.18. The van der Waals surface area contributed by atoms with Gasteiger partial charge in [0.05, 0.1) is 0 Å². The zero-order valence-corrected chi connectivity index (χ0v) is 49.3. The third kappa shape index (κ3) is 61.1. The molecular weight excluding hydrogens is 925 g/mol. The summed E-state index contributed by atoms with van der Waals surface area (Å²) in [5, 5.41) is 0. The average Bonchev–Trinajstić information content (AvgIpc) is 3.41. The van der Waals surface area contributed by atoms with Gasteiger partial charge in [0.1, 0.15) is 13.2 Å². The summed E-state index contributed by atoms with van der Waals surface area (Å²) in [4.78, 5) is 37.9. The van der Waals surface area contributed by atoms with E-state index in [0.29, 0.717) is 19.3 Å². The fourth-order valence-corrected chi connectivity index (χ4v) is 8.83. The summed E-state index contributed by atoms with van der Waals surface area (Å²) >= 11 is 0. The van der Waals surface area contributed by atoms with E-state index in [1.54, 1.807) is 0 Å². The monoisotopic (exact) mass is 1040 g/mol. The molecule has 0 aliphatic carbocycles. The van der Waals surface area contributed by atoms with Gasteiger partial charge in [-0.15, -0.1) is 0 Å². The Kier molecular flexibility index (Phi) is 59.8. The van der Waals surface area contributed by atoms with Crippen molar-refractivity contribution in [2.45, 2.75) is 309 Å². The molecule has 1 atom stereocenters. The quantitative estimate of drug-likeness (QED) is 0.0261. The van der Waals surface area contributed by atoms with Crippen LogP contribution in [0, 0.1) is 0 Å². The molecule has 0 amide bonds. The van der Waals surface area contributed by atoms with Crippen molar-refractivity contribution in [3.05, 3.63) is 97.2 Å². The van der Waals surface area contributed by atoms with Gasteiger partial charge in [-0.1, -0.05) is 279 Å². The summed E-state index contributed by atoms with van der Waals surface area (Å²) in [6.07, 6.45) is 84.6. The fourth-order valence-electron chi connectivity index (χ4n) is 8.83. The highest BCUT2D eigenvalue weighted by Gasteiger charge is 2.19. The summed E-state index contributed by atoms with van der Waals surface area (Å²) in [7, 11) is 0. The van der Waals surface area contributed by atoms with E-state index in [1.165, 1.54) is 154 Å². The van der Waals surface area contributed by atoms with Gasteiger partial charge in [0.2, 0.25) is 0 Å². The highest BCUT2D eigenvalue weighted by molar-refractivity contribution is 5.71. The highest BCUT2D eigenvalue weighted by Crippen LogP contribution is 2.16. The predicted molar refractivity (Wildman–Crippen MR) is 325 cm³/mol. The molecule has 0 aromatic heterocycles. The number of unbranched alkanes of at least 4 members (excludes halogenated alkanes) is 30. The van der Waals surface area contributed by atoms with Crippen LogP contribution >= 0.6 is 0 Å². The first kappa shape index (κ1) is 71.3. The SMILES string of the molecule is CC/C=C\C/C=C\C/C=C\C/C=C\C/C=C\C/C=C\CCCCCCCCCCCCCCC(=O)OCC(COC(=O)CCCCCCC)OC(=O)CCCCCCCCCCC/C=C\C/C=C\CCCCCCC. The van der Waals surface area contributed by atoms with Crippen molar-refractivity contribution in [3.8, 4) is 0 Å². The molecular formula is C69H118O6. The van der Waals surface area contributed by atoms with E-state index < -0.39 is 6.10 Å². The van der Waals surface area contributed by atoms with Gasteiger partial charge in [0, 0.05) is 19.3 Å². The average molecular weight is 1040 g/mol. The van der Waals surface area contributed by atoms with E-state index in [-0.39, 0.29) is 31.1 Å². The number of rotatable bonds is 57. The van der Waals surface area contributed by atoms with Crippen LogP contribution in [0.3, 0.4) is 0 Å². The minimum Gasteiger partial charge on any atom is -0.462 e. The van der Waals surface area contributed by atoms with Crippen molar-refractivity contribution in [1.29, 1.82) is 0 Å². The Morgan fingerprint density at radius 1 is 0.280 bits per heavy atom. The third-order valence-electron chi connectivity index (χ3n) is 13.6. The molecule has 430 valence electrons. The van der Waals surface area contributed by atoms with Crippen molar-refractivity contribution in [2.24, 2.45) is 0 Å². The predicted octanol–water partition coefficient (Wildman–Crippen LogP) is 21.7. The zero-order valence-electron chi connectivity index (χ0n) is 49.3. The number of hydrogen-bond donors (Lipinski definition) is 0. The molecule has 0 aromatic rings. The first-order valence-corrected chi connectivity index (χ1v) is 31.7. The van der Waals surface area contributed by atoms with Gasteiger partial charge in [-0.25, -0.2) is 0 Å². The van der Waals surface area contributed by atoms with Gasteiger partial charge in [0.15, 0.2) is 6.10 Å². The summed E-state index contributed by atoms with van der Waals surface area (Å²) < 4.78 is 16.8. The molecule has 0 aliphatic rings.